The fraction of sp³-hybridized carbons (Fsp3) is 0.381. The number of fused-ring (bicyclic) bond motifs is 1. The third-order valence-electron chi connectivity index (χ3n) is 5.76. The lowest BCUT2D eigenvalue weighted by Gasteiger charge is -2.33. The molecule has 0 bridgehead atoms. The van der Waals surface area contributed by atoms with E-state index in [1.807, 2.05) is 4.90 Å². The monoisotopic (exact) mass is 473 g/mol. The Hall–Kier alpha value is -2.78. The number of carbonyl (C=O) groups is 2. The maximum atomic E-state index is 12.9. The van der Waals surface area contributed by atoms with E-state index in [0.29, 0.717) is 23.7 Å². The number of primary amides is 1. The van der Waals surface area contributed by atoms with Crippen LogP contribution in [-0.2, 0) is 27.7 Å². The predicted octanol–water partition coefficient (Wildman–Crippen LogP) is 1.15. The Kier molecular flexibility index (Phi) is 6.30. The second kappa shape index (κ2) is 8.99. The number of sulfonamides is 1. The first-order valence-electron chi connectivity index (χ1n) is 10.3. The largest absolute Gasteiger partial charge is 0.366 e. The molecule has 11 heteroatoms. The summed E-state index contributed by atoms with van der Waals surface area (Å²) in [6.07, 6.45) is 2.88. The zero-order valence-corrected chi connectivity index (χ0v) is 19.0. The summed E-state index contributed by atoms with van der Waals surface area (Å²) in [6.45, 7) is 1.47. The number of nitrogens with two attached hydrogens (primary N) is 1. The summed E-state index contributed by atoms with van der Waals surface area (Å²) < 4.78 is 27.1. The maximum absolute atomic E-state index is 12.9. The van der Waals surface area contributed by atoms with Gasteiger partial charge in [-0.2, -0.15) is 9.57 Å². The van der Waals surface area contributed by atoms with E-state index < -0.39 is 15.9 Å². The number of piperazine rings is 1. The van der Waals surface area contributed by atoms with E-state index in [1.165, 1.54) is 44.8 Å². The lowest BCUT2D eigenvalue weighted by molar-refractivity contribution is -0.117. The van der Waals surface area contributed by atoms with E-state index in [4.69, 9.17) is 5.73 Å². The Morgan fingerprint density at radius 3 is 2.44 bits per heavy atom. The van der Waals surface area contributed by atoms with Crippen molar-refractivity contribution in [2.45, 2.75) is 24.2 Å². The summed E-state index contributed by atoms with van der Waals surface area (Å²) in [5, 5.41) is 12.9. The van der Waals surface area contributed by atoms with Crippen molar-refractivity contribution in [2.24, 2.45) is 5.73 Å². The fourth-order valence-corrected chi connectivity index (χ4v) is 6.73. The van der Waals surface area contributed by atoms with Gasteiger partial charge in [0.05, 0.1) is 17.0 Å². The van der Waals surface area contributed by atoms with Crippen molar-refractivity contribution in [1.82, 2.24) is 9.21 Å². The van der Waals surface area contributed by atoms with Crippen LogP contribution in [0.3, 0.4) is 0 Å². The standard InChI is InChI=1S/C21H23N5O4S2/c22-12-17-16-2-1-3-18(16)31-21(17)24-19(27)13-25-8-10-26(11-9-25)32(29,30)15-6-4-14(5-7-15)20(23)28/h4-7H,1-3,8-11,13H2,(H2,23,28)(H,24,27). The first-order valence-corrected chi connectivity index (χ1v) is 12.5. The van der Waals surface area contributed by atoms with Crippen LogP contribution in [0.15, 0.2) is 29.2 Å². The molecule has 1 aromatic carbocycles. The molecular formula is C21H23N5O4S2. The second-order valence-electron chi connectivity index (χ2n) is 7.79. The van der Waals surface area contributed by atoms with E-state index in [2.05, 4.69) is 11.4 Å². The number of rotatable bonds is 6. The van der Waals surface area contributed by atoms with E-state index in [0.717, 1.165) is 24.8 Å². The highest BCUT2D eigenvalue weighted by Gasteiger charge is 2.30. The Bertz CT molecular complexity index is 1190. The zero-order valence-electron chi connectivity index (χ0n) is 17.3. The van der Waals surface area contributed by atoms with Gasteiger partial charge in [0.1, 0.15) is 11.1 Å². The number of benzene rings is 1. The number of nitriles is 1. The molecule has 2 amide bonds. The van der Waals surface area contributed by atoms with Crippen molar-refractivity contribution in [3.63, 3.8) is 0 Å². The van der Waals surface area contributed by atoms with Gasteiger partial charge in [0.2, 0.25) is 21.8 Å². The molecule has 0 radical (unpaired) electrons. The molecule has 1 saturated heterocycles. The van der Waals surface area contributed by atoms with Gasteiger partial charge in [-0.15, -0.1) is 11.3 Å². The number of thiophene rings is 1. The maximum Gasteiger partial charge on any atom is 0.248 e. The van der Waals surface area contributed by atoms with Gasteiger partial charge in [-0.25, -0.2) is 8.42 Å². The number of carbonyl (C=O) groups excluding carboxylic acids is 2. The quantitative estimate of drug-likeness (QED) is 0.646. The van der Waals surface area contributed by atoms with Crippen LogP contribution >= 0.6 is 11.3 Å². The molecule has 0 unspecified atom stereocenters. The summed E-state index contributed by atoms with van der Waals surface area (Å²) in [6, 6.07) is 7.76. The van der Waals surface area contributed by atoms with Crippen LogP contribution in [0, 0.1) is 11.3 Å². The first-order chi connectivity index (χ1) is 15.3. The van der Waals surface area contributed by atoms with Crippen LogP contribution in [0.5, 0.6) is 0 Å². The van der Waals surface area contributed by atoms with Gasteiger partial charge in [-0.3, -0.25) is 14.5 Å². The summed E-state index contributed by atoms with van der Waals surface area (Å²) in [7, 11) is -3.69. The van der Waals surface area contributed by atoms with Crippen molar-refractivity contribution >= 4 is 38.2 Å². The Balaban J connectivity index is 1.33. The molecule has 2 aliphatic rings. The summed E-state index contributed by atoms with van der Waals surface area (Å²) in [4.78, 5) is 26.9. The topological polar surface area (TPSA) is 137 Å². The normalized spacial score (nSPS) is 17.0. The number of amides is 2. The molecule has 1 aromatic heterocycles. The SMILES string of the molecule is N#Cc1c(NC(=O)CN2CCN(S(=O)(=O)c3ccc(C(N)=O)cc3)CC2)sc2c1CCC2. The van der Waals surface area contributed by atoms with Gasteiger partial charge in [0.15, 0.2) is 0 Å². The minimum Gasteiger partial charge on any atom is -0.366 e. The van der Waals surface area contributed by atoms with Crippen molar-refractivity contribution in [2.75, 3.05) is 38.0 Å². The third kappa shape index (κ3) is 4.40. The number of anilines is 1. The predicted molar refractivity (Wildman–Crippen MR) is 120 cm³/mol. The van der Waals surface area contributed by atoms with Crippen LogP contribution in [-0.4, -0.2) is 62.2 Å². The Morgan fingerprint density at radius 1 is 1.12 bits per heavy atom. The molecule has 168 valence electrons. The Labute approximate surface area is 190 Å². The van der Waals surface area contributed by atoms with Gasteiger partial charge in [-0.1, -0.05) is 0 Å². The molecule has 1 fully saturated rings. The van der Waals surface area contributed by atoms with Crippen molar-refractivity contribution in [3.8, 4) is 6.07 Å². The molecule has 0 spiro atoms. The average molecular weight is 474 g/mol. The van der Waals surface area contributed by atoms with E-state index in [-0.39, 0.29) is 36.0 Å². The van der Waals surface area contributed by atoms with Crippen LogP contribution < -0.4 is 11.1 Å². The molecule has 1 aliphatic carbocycles. The van der Waals surface area contributed by atoms with E-state index in [1.54, 1.807) is 0 Å². The number of hydrogen-bond donors (Lipinski definition) is 2. The highest BCUT2D eigenvalue weighted by molar-refractivity contribution is 7.89. The Morgan fingerprint density at radius 2 is 1.81 bits per heavy atom. The zero-order chi connectivity index (χ0) is 22.9. The van der Waals surface area contributed by atoms with Crippen molar-refractivity contribution in [1.29, 1.82) is 5.26 Å². The van der Waals surface area contributed by atoms with Crippen LogP contribution in [0.1, 0.15) is 32.8 Å². The molecule has 9 nitrogen and oxygen atoms in total. The molecule has 4 rings (SSSR count). The second-order valence-corrected chi connectivity index (χ2v) is 10.8. The summed E-state index contributed by atoms with van der Waals surface area (Å²) in [5.74, 6) is -0.824. The van der Waals surface area contributed by atoms with E-state index >= 15 is 0 Å². The minimum absolute atomic E-state index is 0.100. The van der Waals surface area contributed by atoms with Gasteiger partial charge in [0.25, 0.3) is 0 Å². The molecule has 2 heterocycles. The number of nitrogens with one attached hydrogen (secondary N) is 1. The van der Waals surface area contributed by atoms with Gasteiger partial charge in [-0.05, 0) is 49.1 Å². The van der Waals surface area contributed by atoms with Crippen LogP contribution in [0.25, 0.3) is 0 Å². The molecule has 2 aromatic rings. The molecule has 0 saturated carbocycles. The summed E-state index contributed by atoms with van der Waals surface area (Å²) in [5.41, 5.74) is 7.09. The fourth-order valence-electron chi connectivity index (χ4n) is 4.05. The van der Waals surface area contributed by atoms with Gasteiger partial charge in [0, 0.05) is 36.6 Å². The van der Waals surface area contributed by atoms with Crippen LogP contribution in [0.4, 0.5) is 5.00 Å². The minimum atomic E-state index is -3.69. The highest BCUT2D eigenvalue weighted by Crippen LogP contribution is 2.38. The van der Waals surface area contributed by atoms with Crippen LogP contribution in [0.2, 0.25) is 0 Å². The molecule has 3 N–H and O–H groups in total. The highest BCUT2D eigenvalue weighted by atomic mass is 32.2. The van der Waals surface area contributed by atoms with Crippen molar-refractivity contribution in [3.05, 3.63) is 45.8 Å². The molecule has 0 atom stereocenters. The molecule has 32 heavy (non-hydrogen) atoms. The smallest absolute Gasteiger partial charge is 0.248 e. The van der Waals surface area contributed by atoms with E-state index in [9.17, 15) is 23.3 Å². The molecule has 1 aliphatic heterocycles. The first kappa shape index (κ1) is 22.4. The lowest BCUT2D eigenvalue weighted by atomic mass is 10.1. The summed E-state index contributed by atoms with van der Waals surface area (Å²) >= 11 is 1.48. The molecular weight excluding hydrogens is 450 g/mol. The van der Waals surface area contributed by atoms with Gasteiger partial charge >= 0.3 is 0 Å². The van der Waals surface area contributed by atoms with Gasteiger partial charge < -0.3 is 11.1 Å². The lowest BCUT2D eigenvalue weighted by Crippen LogP contribution is -2.50. The number of hydrogen-bond acceptors (Lipinski definition) is 7. The average Bonchev–Trinajstić information content (AvgIpc) is 3.34. The van der Waals surface area contributed by atoms with Crippen molar-refractivity contribution < 1.29 is 18.0 Å². The number of nitrogens with zero attached hydrogens (tertiary/aromatic N) is 3. The number of aryl methyl sites for hydroxylation is 1. The third-order valence-corrected chi connectivity index (χ3v) is 8.88.